The van der Waals surface area contributed by atoms with E-state index in [-0.39, 0.29) is 37.2 Å². The number of aromatic nitrogens is 1. The molecule has 3 amide bonds. The molecule has 198 valence electrons. The second-order valence-corrected chi connectivity index (χ2v) is 10.1. The van der Waals surface area contributed by atoms with Gasteiger partial charge in [-0.2, -0.15) is 0 Å². The number of hydrogen-bond acceptors (Lipinski definition) is 4. The van der Waals surface area contributed by atoms with Gasteiger partial charge in [-0.15, -0.1) is 0 Å². The minimum atomic E-state index is -0.890. The van der Waals surface area contributed by atoms with E-state index in [1.54, 1.807) is 36.7 Å². The van der Waals surface area contributed by atoms with Crippen molar-refractivity contribution in [3.05, 3.63) is 99.8 Å². The second kappa shape index (κ2) is 13.4. The summed E-state index contributed by atoms with van der Waals surface area (Å²) in [5.41, 5.74) is 2.88. The SMILES string of the molecule is O=C(CC1C(=O)N(CCc2ccc(Cl)cc2Cl)CC(=O)N1Cc1ccncc1)NCCCc1ccccc1. The van der Waals surface area contributed by atoms with Gasteiger partial charge in [0.25, 0.3) is 0 Å². The van der Waals surface area contributed by atoms with Gasteiger partial charge < -0.3 is 15.1 Å². The molecule has 7 nitrogen and oxygen atoms in total. The summed E-state index contributed by atoms with van der Waals surface area (Å²) in [4.78, 5) is 46.7. The van der Waals surface area contributed by atoms with E-state index < -0.39 is 6.04 Å². The van der Waals surface area contributed by atoms with Crippen molar-refractivity contribution < 1.29 is 14.4 Å². The Kier molecular flexibility index (Phi) is 9.73. The van der Waals surface area contributed by atoms with Gasteiger partial charge in [0.15, 0.2) is 0 Å². The Hall–Kier alpha value is -3.42. The van der Waals surface area contributed by atoms with Crippen LogP contribution in [0.2, 0.25) is 10.0 Å². The third-order valence-corrected chi connectivity index (χ3v) is 7.16. The van der Waals surface area contributed by atoms with Gasteiger partial charge in [0.2, 0.25) is 17.7 Å². The number of nitrogens with zero attached hydrogens (tertiary/aromatic N) is 3. The molecule has 1 aliphatic rings. The molecule has 1 aromatic heterocycles. The first-order chi connectivity index (χ1) is 18.4. The summed E-state index contributed by atoms with van der Waals surface area (Å²) < 4.78 is 0. The Morgan fingerprint density at radius 1 is 0.974 bits per heavy atom. The van der Waals surface area contributed by atoms with Crippen LogP contribution in [-0.4, -0.2) is 58.2 Å². The molecule has 1 N–H and O–H groups in total. The average molecular weight is 553 g/mol. The smallest absolute Gasteiger partial charge is 0.246 e. The molecule has 0 radical (unpaired) electrons. The van der Waals surface area contributed by atoms with Crippen LogP contribution in [0.15, 0.2) is 73.1 Å². The lowest BCUT2D eigenvalue weighted by molar-refractivity contribution is -0.157. The lowest BCUT2D eigenvalue weighted by Gasteiger charge is -2.40. The average Bonchev–Trinajstić information content (AvgIpc) is 2.92. The van der Waals surface area contributed by atoms with Crippen molar-refractivity contribution >= 4 is 40.9 Å². The van der Waals surface area contributed by atoms with E-state index in [0.717, 1.165) is 24.0 Å². The minimum absolute atomic E-state index is 0.0513. The van der Waals surface area contributed by atoms with Crippen LogP contribution in [0.1, 0.15) is 29.5 Å². The van der Waals surface area contributed by atoms with E-state index in [1.165, 1.54) is 15.4 Å². The van der Waals surface area contributed by atoms with Crippen molar-refractivity contribution in [3.63, 3.8) is 0 Å². The van der Waals surface area contributed by atoms with Gasteiger partial charge in [-0.25, -0.2) is 0 Å². The van der Waals surface area contributed by atoms with Crippen LogP contribution >= 0.6 is 23.2 Å². The molecule has 0 saturated carbocycles. The zero-order valence-electron chi connectivity index (χ0n) is 21.0. The van der Waals surface area contributed by atoms with Gasteiger partial charge in [0.1, 0.15) is 6.04 Å². The standard InChI is InChI=1S/C29H30Cl2N4O3/c30-24-9-8-23(25(31)17-24)12-16-34-20-28(37)35(19-22-10-14-32-15-11-22)26(29(34)38)18-27(36)33-13-4-7-21-5-2-1-3-6-21/h1-3,5-6,8-11,14-15,17,26H,4,7,12-13,16,18-20H2,(H,33,36). The number of rotatable bonds is 11. The first-order valence-electron chi connectivity index (χ1n) is 12.6. The number of nitrogens with one attached hydrogen (secondary N) is 1. The summed E-state index contributed by atoms with van der Waals surface area (Å²) >= 11 is 12.3. The van der Waals surface area contributed by atoms with Crippen molar-refractivity contribution in [1.82, 2.24) is 20.1 Å². The van der Waals surface area contributed by atoms with E-state index >= 15 is 0 Å². The highest BCUT2D eigenvalue weighted by Gasteiger charge is 2.40. The quantitative estimate of drug-likeness (QED) is 0.359. The Bertz CT molecular complexity index is 1260. The number of benzene rings is 2. The predicted octanol–water partition coefficient (Wildman–Crippen LogP) is 4.31. The lowest BCUT2D eigenvalue weighted by Crippen LogP contribution is -2.60. The van der Waals surface area contributed by atoms with Crippen molar-refractivity contribution in [2.75, 3.05) is 19.6 Å². The largest absolute Gasteiger partial charge is 0.356 e. The molecule has 0 bridgehead atoms. The molecule has 1 saturated heterocycles. The van der Waals surface area contributed by atoms with Crippen molar-refractivity contribution in [2.24, 2.45) is 0 Å². The van der Waals surface area contributed by atoms with Crippen molar-refractivity contribution in [2.45, 2.75) is 38.3 Å². The molecule has 2 aromatic carbocycles. The first kappa shape index (κ1) is 27.6. The van der Waals surface area contributed by atoms with Gasteiger partial charge in [0.05, 0.1) is 13.0 Å². The van der Waals surface area contributed by atoms with E-state index in [4.69, 9.17) is 23.2 Å². The zero-order chi connectivity index (χ0) is 26.9. The molecular formula is C29H30Cl2N4O3. The van der Waals surface area contributed by atoms with Crippen LogP contribution < -0.4 is 5.32 Å². The number of aryl methyl sites for hydroxylation is 1. The maximum absolute atomic E-state index is 13.6. The fourth-order valence-corrected chi connectivity index (χ4v) is 5.02. The van der Waals surface area contributed by atoms with Crippen LogP contribution in [0.5, 0.6) is 0 Å². The van der Waals surface area contributed by atoms with E-state index in [2.05, 4.69) is 22.4 Å². The molecule has 9 heteroatoms. The highest BCUT2D eigenvalue weighted by atomic mass is 35.5. The number of halogens is 2. The lowest BCUT2D eigenvalue weighted by atomic mass is 10.0. The summed E-state index contributed by atoms with van der Waals surface area (Å²) in [6.07, 6.45) is 5.28. The van der Waals surface area contributed by atoms with Gasteiger partial charge in [-0.05, 0) is 60.2 Å². The van der Waals surface area contributed by atoms with E-state index in [0.29, 0.717) is 29.6 Å². The van der Waals surface area contributed by atoms with Gasteiger partial charge in [-0.1, -0.05) is 59.6 Å². The van der Waals surface area contributed by atoms with Crippen LogP contribution in [0.4, 0.5) is 0 Å². The third-order valence-electron chi connectivity index (χ3n) is 6.57. The Balaban J connectivity index is 1.41. The summed E-state index contributed by atoms with van der Waals surface area (Å²) in [6.45, 7) is 0.982. The fraction of sp³-hybridized carbons (Fsp3) is 0.310. The fourth-order valence-electron chi connectivity index (χ4n) is 4.51. The molecule has 0 aliphatic carbocycles. The normalized spacial score (nSPS) is 15.6. The zero-order valence-corrected chi connectivity index (χ0v) is 22.5. The monoisotopic (exact) mass is 552 g/mol. The number of carbonyl (C=O) groups excluding carboxylic acids is 3. The Labute approximate surface area is 232 Å². The van der Waals surface area contributed by atoms with E-state index in [1.807, 2.05) is 24.3 Å². The maximum Gasteiger partial charge on any atom is 0.246 e. The molecule has 1 atom stereocenters. The Morgan fingerprint density at radius 3 is 2.47 bits per heavy atom. The van der Waals surface area contributed by atoms with Crippen LogP contribution in [0.25, 0.3) is 0 Å². The topological polar surface area (TPSA) is 82.6 Å². The van der Waals surface area contributed by atoms with Crippen LogP contribution in [0.3, 0.4) is 0 Å². The van der Waals surface area contributed by atoms with Gasteiger partial charge in [-0.3, -0.25) is 19.4 Å². The third kappa shape index (κ3) is 7.55. The molecular weight excluding hydrogens is 523 g/mol. The number of hydrogen-bond donors (Lipinski definition) is 1. The summed E-state index contributed by atoms with van der Waals surface area (Å²) in [5, 5.41) is 3.96. The molecule has 0 spiro atoms. The summed E-state index contributed by atoms with van der Waals surface area (Å²) in [7, 11) is 0. The van der Waals surface area contributed by atoms with Crippen LogP contribution in [-0.2, 0) is 33.8 Å². The maximum atomic E-state index is 13.6. The number of amides is 3. The highest BCUT2D eigenvalue weighted by molar-refractivity contribution is 6.35. The summed E-state index contributed by atoms with van der Waals surface area (Å²) in [6, 6.07) is 18.0. The molecule has 2 heterocycles. The highest BCUT2D eigenvalue weighted by Crippen LogP contribution is 2.23. The predicted molar refractivity (Wildman–Crippen MR) is 148 cm³/mol. The van der Waals surface area contributed by atoms with Gasteiger partial charge in [0, 0.05) is 42.1 Å². The van der Waals surface area contributed by atoms with Crippen LogP contribution in [0, 0.1) is 0 Å². The molecule has 1 aliphatic heterocycles. The molecule has 1 fully saturated rings. The minimum Gasteiger partial charge on any atom is -0.356 e. The Morgan fingerprint density at radius 2 is 1.74 bits per heavy atom. The van der Waals surface area contributed by atoms with Gasteiger partial charge >= 0.3 is 0 Å². The van der Waals surface area contributed by atoms with Crippen molar-refractivity contribution in [1.29, 1.82) is 0 Å². The molecule has 4 rings (SSSR count). The second-order valence-electron chi connectivity index (χ2n) is 9.28. The number of carbonyl (C=O) groups is 3. The number of pyridine rings is 1. The molecule has 38 heavy (non-hydrogen) atoms. The van der Waals surface area contributed by atoms with Crippen molar-refractivity contribution in [3.8, 4) is 0 Å². The number of piperazine rings is 1. The first-order valence-corrected chi connectivity index (χ1v) is 13.4. The molecule has 3 aromatic rings. The molecule has 1 unspecified atom stereocenters. The summed E-state index contributed by atoms with van der Waals surface area (Å²) in [5.74, 6) is -0.708. The van der Waals surface area contributed by atoms with E-state index in [9.17, 15) is 14.4 Å².